The Balaban J connectivity index is 4.46. The first kappa shape index (κ1) is 11.9. The van der Waals surface area contributed by atoms with Gasteiger partial charge in [-0.15, -0.1) is 0 Å². The van der Waals surface area contributed by atoms with Crippen molar-refractivity contribution >= 4 is 11.9 Å². The summed E-state index contributed by atoms with van der Waals surface area (Å²) in [4.78, 5) is 23.1. The molecule has 0 bridgehead atoms. The molecule has 1 amide bonds. The molecule has 0 heterocycles. The fourth-order valence-electron chi connectivity index (χ4n) is 1.09. The second-order valence-electron chi connectivity index (χ2n) is 3.00. The second-order valence-corrected chi connectivity index (χ2v) is 3.00. The number of likely N-dealkylation sites (N-methyl/N-ethyl adjacent to an activating group) is 1. The van der Waals surface area contributed by atoms with Crippen molar-refractivity contribution in [3.8, 4) is 0 Å². The molecule has 3 N–H and O–H groups in total. The van der Waals surface area contributed by atoms with Gasteiger partial charge in [0.25, 0.3) is 0 Å². The minimum absolute atomic E-state index is 0.353. The van der Waals surface area contributed by atoms with E-state index in [1.54, 1.807) is 6.92 Å². The van der Waals surface area contributed by atoms with Gasteiger partial charge in [0.15, 0.2) is 0 Å². The van der Waals surface area contributed by atoms with E-state index in [2.05, 4.69) is 0 Å². The lowest BCUT2D eigenvalue weighted by atomic mass is 10.2. The van der Waals surface area contributed by atoms with Gasteiger partial charge in [-0.25, -0.2) is 4.79 Å². The Kier molecular flexibility index (Phi) is 4.40. The third kappa shape index (κ3) is 3.02. The molecule has 0 saturated heterocycles. The molecule has 0 aliphatic heterocycles. The predicted molar refractivity (Wildman–Crippen MR) is 48.1 cm³/mol. The number of hydrogen-bond acceptors (Lipinski definition) is 3. The summed E-state index contributed by atoms with van der Waals surface area (Å²) < 4.78 is 0. The van der Waals surface area contributed by atoms with E-state index in [0.29, 0.717) is 6.42 Å². The molecule has 0 aliphatic rings. The molecule has 5 heteroatoms. The van der Waals surface area contributed by atoms with Crippen molar-refractivity contribution in [3.63, 3.8) is 0 Å². The summed E-state index contributed by atoms with van der Waals surface area (Å²) in [5, 5.41) is 8.74. The molecule has 0 spiro atoms. The number of carboxylic acids is 1. The van der Waals surface area contributed by atoms with Gasteiger partial charge in [0.05, 0.1) is 6.04 Å². The molecule has 0 aromatic heterocycles. The van der Waals surface area contributed by atoms with E-state index < -0.39 is 18.1 Å². The van der Waals surface area contributed by atoms with E-state index in [1.165, 1.54) is 18.9 Å². The highest BCUT2D eigenvalue weighted by atomic mass is 16.4. The van der Waals surface area contributed by atoms with Crippen LogP contribution in [0.4, 0.5) is 0 Å². The lowest BCUT2D eigenvalue weighted by molar-refractivity contribution is -0.149. The van der Waals surface area contributed by atoms with Gasteiger partial charge < -0.3 is 15.7 Å². The van der Waals surface area contributed by atoms with Gasteiger partial charge in [-0.05, 0) is 13.3 Å². The Morgan fingerprint density at radius 1 is 1.54 bits per heavy atom. The maximum Gasteiger partial charge on any atom is 0.326 e. The summed E-state index contributed by atoms with van der Waals surface area (Å²) in [5.74, 6) is -1.35. The number of amides is 1. The van der Waals surface area contributed by atoms with Crippen LogP contribution in [-0.4, -0.2) is 41.0 Å². The lowest BCUT2D eigenvalue weighted by Gasteiger charge is -2.25. The normalized spacial score (nSPS) is 14.8. The van der Waals surface area contributed by atoms with Crippen molar-refractivity contribution in [1.82, 2.24) is 4.90 Å². The van der Waals surface area contributed by atoms with Crippen molar-refractivity contribution in [1.29, 1.82) is 0 Å². The minimum Gasteiger partial charge on any atom is -0.480 e. The zero-order valence-electron chi connectivity index (χ0n) is 8.15. The van der Waals surface area contributed by atoms with Gasteiger partial charge in [-0.2, -0.15) is 0 Å². The molecule has 76 valence electrons. The lowest BCUT2D eigenvalue weighted by Crippen LogP contribution is -2.48. The fourth-order valence-corrected chi connectivity index (χ4v) is 1.09. The first-order valence-corrected chi connectivity index (χ1v) is 4.16. The molecule has 0 saturated carbocycles. The van der Waals surface area contributed by atoms with Crippen LogP contribution in [0.25, 0.3) is 0 Å². The van der Waals surface area contributed by atoms with Crippen molar-refractivity contribution < 1.29 is 14.7 Å². The van der Waals surface area contributed by atoms with Crippen LogP contribution < -0.4 is 5.73 Å². The molecule has 0 fully saturated rings. The van der Waals surface area contributed by atoms with Crippen LogP contribution in [0, 0.1) is 0 Å². The van der Waals surface area contributed by atoms with Gasteiger partial charge in [0.1, 0.15) is 6.04 Å². The van der Waals surface area contributed by atoms with Crippen LogP contribution in [0.1, 0.15) is 20.3 Å². The van der Waals surface area contributed by atoms with Gasteiger partial charge in [-0.1, -0.05) is 6.92 Å². The number of aliphatic carboxylic acids is 1. The van der Waals surface area contributed by atoms with E-state index in [4.69, 9.17) is 10.8 Å². The minimum atomic E-state index is -1.00. The fraction of sp³-hybridized carbons (Fsp3) is 0.750. The number of carbonyl (C=O) groups is 2. The molecule has 5 nitrogen and oxygen atoms in total. The van der Waals surface area contributed by atoms with Crippen LogP contribution in [0.2, 0.25) is 0 Å². The number of hydrogen-bond donors (Lipinski definition) is 2. The second kappa shape index (κ2) is 4.81. The van der Waals surface area contributed by atoms with Crippen LogP contribution in [0.3, 0.4) is 0 Å². The van der Waals surface area contributed by atoms with Gasteiger partial charge in [0.2, 0.25) is 5.91 Å². The molecule has 0 aromatic carbocycles. The van der Waals surface area contributed by atoms with Gasteiger partial charge >= 0.3 is 5.97 Å². The Bertz CT molecular complexity index is 204. The van der Waals surface area contributed by atoms with Crippen molar-refractivity contribution in [2.24, 2.45) is 5.73 Å². The van der Waals surface area contributed by atoms with E-state index in [9.17, 15) is 9.59 Å². The number of carbonyl (C=O) groups excluding carboxylic acids is 1. The summed E-state index contributed by atoms with van der Waals surface area (Å²) in [6, 6.07) is -1.43. The maximum absolute atomic E-state index is 11.3. The van der Waals surface area contributed by atoms with E-state index in [-0.39, 0.29) is 5.91 Å². The highest BCUT2D eigenvalue weighted by Gasteiger charge is 2.25. The number of rotatable bonds is 4. The van der Waals surface area contributed by atoms with Crippen LogP contribution in [0.5, 0.6) is 0 Å². The van der Waals surface area contributed by atoms with Crippen LogP contribution in [0.15, 0.2) is 0 Å². The molecule has 0 radical (unpaired) electrons. The number of carboxylic acid groups (broad SMARTS) is 1. The van der Waals surface area contributed by atoms with E-state index in [1.807, 2.05) is 0 Å². The van der Waals surface area contributed by atoms with Gasteiger partial charge in [-0.3, -0.25) is 4.79 Å². The van der Waals surface area contributed by atoms with Crippen LogP contribution >= 0.6 is 0 Å². The molecule has 13 heavy (non-hydrogen) atoms. The summed E-state index contributed by atoms with van der Waals surface area (Å²) in [6.07, 6.45) is 0.379. The molecular formula is C8H16N2O3. The summed E-state index contributed by atoms with van der Waals surface area (Å²) in [6.45, 7) is 3.25. The third-order valence-electron chi connectivity index (χ3n) is 1.88. The SMILES string of the molecule is CCC(C(=O)O)N(C)C(=O)[C@H](C)N. The Morgan fingerprint density at radius 2 is 2.00 bits per heavy atom. The molecule has 0 rings (SSSR count). The standard InChI is InChI=1S/C8H16N2O3/c1-4-6(8(12)13)10(3)7(11)5(2)9/h5-6H,4,9H2,1-3H3,(H,12,13)/t5-,6?/m0/s1. The largest absolute Gasteiger partial charge is 0.480 e. The average molecular weight is 188 g/mol. The molecule has 0 aliphatic carbocycles. The Labute approximate surface area is 77.5 Å². The van der Waals surface area contributed by atoms with Gasteiger partial charge in [0, 0.05) is 7.05 Å². The zero-order chi connectivity index (χ0) is 10.6. The molecular weight excluding hydrogens is 172 g/mol. The zero-order valence-corrected chi connectivity index (χ0v) is 8.15. The van der Waals surface area contributed by atoms with Crippen molar-refractivity contribution in [2.75, 3.05) is 7.05 Å². The van der Waals surface area contributed by atoms with Crippen molar-refractivity contribution in [3.05, 3.63) is 0 Å². The molecule has 0 aromatic rings. The first-order chi connectivity index (χ1) is 5.91. The monoisotopic (exact) mass is 188 g/mol. The van der Waals surface area contributed by atoms with Crippen LogP contribution in [-0.2, 0) is 9.59 Å². The molecule has 1 unspecified atom stereocenters. The average Bonchev–Trinajstić information content (AvgIpc) is 2.03. The van der Waals surface area contributed by atoms with Crippen molar-refractivity contribution in [2.45, 2.75) is 32.4 Å². The predicted octanol–water partition coefficient (Wildman–Crippen LogP) is -0.345. The number of nitrogens with two attached hydrogens (primary N) is 1. The van der Waals surface area contributed by atoms with E-state index >= 15 is 0 Å². The highest BCUT2D eigenvalue weighted by Crippen LogP contribution is 2.03. The Morgan fingerprint density at radius 3 is 2.23 bits per heavy atom. The topological polar surface area (TPSA) is 83.6 Å². The smallest absolute Gasteiger partial charge is 0.326 e. The summed E-state index contributed by atoms with van der Waals surface area (Å²) in [7, 11) is 1.45. The maximum atomic E-state index is 11.3. The Hall–Kier alpha value is -1.10. The highest BCUT2D eigenvalue weighted by molar-refractivity contribution is 5.86. The third-order valence-corrected chi connectivity index (χ3v) is 1.88. The number of nitrogens with zero attached hydrogens (tertiary/aromatic N) is 1. The summed E-state index contributed by atoms with van der Waals surface area (Å²) in [5.41, 5.74) is 5.35. The molecule has 2 atom stereocenters. The summed E-state index contributed by atoms with van der Waals surface area (Å²) >= 11 is 0. The first-order valence-electron chi connectivity index (χ1n) is 4.16. The van der Waals surface area contributed by atoms with E-state index in [0.717, 1.165) is 0 Å². The quantitative estimate of drug-likeness (QED) is 0.632.